The molecule has 116 valence electrons. The SMILES string of the molecule is CCOC(=O)c1ccc(NC(=O)CC(N)C(C)(C)C)cc1. The van der Waals surface area contributed by atoms with Crippen LogP contribution in [0.25, 0.3) is 0 Å². The molecular weight excluding hydrogens is 268 g/mol. The number of benzene rings is 1. The first-order valence-corrected chi connectivity index (χ1v) is 7.06. The van der Waals surface area contributed by atoms with Crippen LogP contribution in [0.4, 0.5) is 5.69 Å². The molecule has 1 atom stereocenters. The van der Waals surface area contributed by atoms with Crippen molar-refractivity contribution in [2.24, 2.45) is 11.1 Å². The summed E-state index contributed by atoms with van der Waals surface area (Å²) in [5.41, 5.74) is 6.95. The van der Waals surface area contributed by atoms with Gasteiger partial charge in [0.1, 0.15) is 0 Å². The highest BCUT2D eigenvalue weighted by Gasteiger charge is 2.23. The van der Waals surface area contributed by atoms with E-state index in [0.717, 1.165) is 0 Å². The Morgan fingerprint density at radius 3 is 2.29 bits per heavy atom. The zero-order chi connectivity index (χ0) is 16.0. The third-order valence-corrected chi connectivity index (χ3v) is 3.20. The number of carbonyl (C=O) groups excluding carboxylic acids is 2. The highest BCUT2D eigenvalue weighted by atomic mass is 16.5. The van der Waals surface area contributed by atoms with Gasteiger partial charge in [0.05, 0.1) is 12.2 Å². The average Bonchev–Trinajstić information content (AvgIpc) is 2.38. The topological polar surface area (TPSA) is 81.4 Å². The minimum absolute atomic E-state index is 0.120. The molecule has 0 aliphatic carbocycles. The van der Waals surface area contributed by atoms with Gasteiger partial charge >= 0.3 is 5.97 Å². The smallest absolute Gasteiger partial charge is 0.338 e. The number of hydrogen-bond donors (Lipinski definition) is 2. The van der Waals surface area contributed by atoms with Crippen molar-refractivity contribution in [2.75, 3.05) is 11.9 Å². The van der Waals surface area contributed by atoms with E-state index in [2.05, 4.69) is 5.32 Å². The minimum atomic E-state index is -0.370. The Hall–Kier alpha value is -1.88. The Kier molecular flexibility index (Phi) is 5.90. The molecule has 0 saturated carbocycles. The van der Waals surface area contributed by atoms with E-state index in [0.29, 0.717) is 17.9 Å². The Balaban J connectivity index is 2.60. The van der Waals surface area contributed by atoms with Gasteiger partial charge < -0.3 is 15.8 Å². The van der Waals surface area contributed by atoms with Gasteiger partial charge in [0.15, 0.2) is 0 Å². The Morgan fingerprint density at radius 2 is 1.81 bits per heavy atom. The molecule has 1 rings (SSSR count). The van der Waals surface area contributed by atoms with Gasteiger partial charge in [-0.05, 0) is 36.6 Å². The van der Waals surface area contributed by atoms with E-state index in [1.807, 2.05) is 20.8 Å². The van der Waals surface area contributed by atoms with Crippen LogP contribution >= 0.6 is 0 Å². The molecule has 5 nitrogen and oxygen atoms in total. The summed E-state index contributed by atoms with van der Waals surface area (Å²) in [7, 11) is 0. The Labute approximate surface area is 125 Å². The van der Waals surface area contributed by atoms with Gasteiger partial charge in [0.2, 0.25) is 5.91 Å². The summed E-state index contributed by atoms with van der Waals surface area (Å²) < 4.78 is 4.90. The van der Waals surface area contributed by atoms with Crippen LogP contribution in [-0.2, 0) is 9.53 Å². The number of nitrogens with two attached hydrogens (primary N) is 1. The number of esters is 1. The van der Waals surface area contributed by atoms with Crippen LogP contribution in [0, 0.1) is 5.41 Å². The van der Waals surface area contributed by atoms with Crippen molar-refractivity contribution in [3.8, 4) is 0 Å². The molecule has 0 heterocycles. The van der Waals surface area contributed by atoms with E-state index >= 15 is 0 Å². The summed E-state index contributed by atoms with van der Waals surface area (Å²) in [6.45, 7) is 8.09. The first-order valence-electron chi connectivity index (χ1n) is 7.06. The zero-order valence-corrected chi connectivity index (χ0v) is 13.1. The molecule has 0 saturated heterocycles. The summed E-state index contributed by atoms with van der Waals surface area (Å²) in [5, 5.41) is 2.77. The van der Waals surface area contributed by atoms with Crippen LogP contribution < -0.4 is 11.1 Å². The predicted octanol–water partition coefficient (Wildman–Crippen LogP) is 2.57. The van der Waals surface area contributed by atoms with Gasteiger partial charge in [-0.25, -0.2) is 4.79 Å². The molecule has 0 spiro atoms. The zero-order valence-electron chi connectivity index (χ0n) is 13.1. The quantitative estimate of drug-likeness (QED) is 0.817. The van der Waals surface area contributed by atoms with E-state index in [9.17, 15) is 9.59 Å². The maximum atomic E-state index is 11.9. The van der Waals surface area contributed by atoms with Crippen molar-refractivity contribution in [3.63, 3.8) is 0 Å². The highest BCUT2D eigenvalue weighted by Crippen LogP contribution is 2.20. The monoisotopic (exact) mass is 292 g/mol. The molecule has 0 radical (unpaired) electrons. The van der Waals surface area contributed by atoms with E-state index in [1.54, 1.807) is 31.2 Å². The highest BCUT2D eigenvalue weighted by molar-refractivity contribution is 5.93. The van der Waals surface area contributed by atoms with Crippen LogP contribution in [0.15, 0.2) is 24.3 Å². The van der Waals surface area contributed by atoms with Gasteiger partial charge in [0, 0.05) is 18.2 Å². The molecule has 21 heavy (non-hydrogen) atoms. The lowest BCUT2D eigenvalue weighted by molar-refractivity contribution is -0.117. The van der Waals surface area contributed by atoms with E-state index in [-0.39, 0.29) is 29.8 Å². The third-order valence-electron chi connectivity index (χ3n) is 3.20. The van der Waals surface area contributed by atoms with Crippen molar-refractivity contribution >= 4 is 17.6 Å². The predicted molar refractivity (Wildman–Crippen MR) is 83.1 cm³/mol. The van der Waals surface area contributed by atoms with Crippen molar-refractivity contribution in [2.45, 2.75) is 40.2 Å². The van der Waals surface area contributed by atoms with Crippen LogP contribution in [-0.4, -0.2) is 24.5 Å². The second kappa shape index (κ2) is 7.22. The lowest BCUT2D eigenvalue weighted by atomic mass is 9.85. The van der Waals surface area contributed by atoms with Crippen LogP contribution in [0.1, 0.15) is 44.5 Å². The van der Waals surface area contributed by atoms with Crippen molar-refractivity contribution in [1.29, 1.82) is 0 Å². The maximum absolute atomic E-state index is 11.9. The van der Waals surface area contributed by atoms with Crippen molar-refractivity contribution < 1.29 is 14.3 Å². The van der Waals surface area contributed by atoms with Gasteiger partial charge in [-0.1, -0.05) is 20.8 Å². The molecule has 1 unspecified atom stereocenters. The second-order valence-electron chi connectivity index (χ2n) is 6.02. The number of amides is 1. The fraction of sp³-hybridized carbons (Fsp3) is 0.500. The average molecular weight is 292 g/mol. The summed E-state index contributed by atoms with van der Waals surface area (Å²) in [5.74, 6) is -0.508. The number of carbonyl (C=O) groups is 2. The maximum Gasteiger partial charge on any atom is 0.338 e. The lowest BCUT2D eigenvalue weighted by Gasteiger charge is -2.26. The molecule has 0 bridgehead atoms. The number of ether oxygens (including phenoxy) is 1. The van der Waals surface area contributed by atoms with E-state index in [1.165, 1.54) is 0 Å². The molecule has 3 N–H and O–H groups in total. The molecule has 1 aromatic carbocycles. The molecular formula is C16H24N2O3. The summed E-state index contributed by atoms with van der Waals surface area (Å²) in [6.07, 6.45) is 0.253. The second-order valence-corrected chi connectivity index (χ2v) is 6.02. The van der Waals surface area contributed by atoms with Gasteiger partial charge in [-0.3, -0.25) is 4.79 Å². The minimum Gasteiger partial charge on any atom is -0.462 e. The standard InChI is InChI=1S/C16H24N2O3/c1-5-21-15(20)11-6-8-12(9-7-11)18-14(19)10-13(17)16(2,3)4/h6-9,13H,5,10,17H2,1-4H3,(H,18,19). The normalized spacial score (nSPS) is 12.6. The van der Waals surface area contributed by atoms with Crippen molar-refractivity contribution in [1.82, 2.24) is 0 Å². The molecule has 0 fully saturated rings. The van der Waals surface area contributed by atoms with Crippen LogP contribution in [0.3, 0.4) is 0 Å². The molecule has 1 aromatic rings. The summed E-state index contributed by atoms with van der Waals surface area (Å²) in [6, 6.07) is 6.38. The first kappa shape index (κ1) is 17.2. The molecule has 5 heteroatoms. The summed E-state index contributed by atoms with van der Waals surface area (Å²) in [4.78, 5) is 23.4. The molecule has 0 aliphatic rings. The van der Waals surface area contributed by atoms with E-state index in [4.69, 9.17) is 10.5 Å². The Bertz CT molecular complexity index is 489. The Morgan fingerprint density at radius 1 is 1.24 bits per heavy atom. The van der Waals surface area contributed by atoms with Gasteiger partial charge in [-0.15, -0.1) is 0 Å². The van der Waals surface area contributed by atoms with Crippen LogP contribution in [0.2, 0.25) is 0 Å². The van der Waals surface area contributed by atoms with Crippen LogP contribution in [0.5, 0.6) is 0 Å². The first-order chi connectivity index (χ1) is 9.74. The van der Waals surface area contributed by atoms with Crippen molar-refractivity contribution in [3.05, 3.63) is 29.8 Å². The molecule has 0 aromatic heterocycles. The molecule has 1 amide bonds. The third kappa shape index (κ3) is 5.55. The van der Waals surface area contributed by atoms with Gasteiger partial charge in [-0.2, -0.15) is 0 Å². The number of anilines is 1. The number of hydrogen-bond acceptors (Lipinski definition) is 4. The summed E-state index contributed by atoms with van der Waals surface area (Å²) >= 11 is 0. The fourth-order valence-corrected chi connectivity index (χ4v) is 1.62. The fourth-order valence-electron chi connectivity index (χ4n) is 1.62. The molecule has 0 aliphatic heterocycles. The lowest BCUT2D eigenvalue weighted by Crippen LogP contribution is -2.38. The number of rotatable bonds is 5. The largest absolute Gasteiger partial charge is 0.462 e. The van der Waals surface area contributed by atoms with E-state index < -0.39 is 0 Å². The number of nitrogens with one attached hydrogen (secondary N) is 1. The van der Waals surface area contributed by atoms with Gasteiger partial charge in [0.25, 0.3) is 0 Å².